The van der Waals surface area contributed by atoms with Crippen molar-refractivity contribution >= 4 is 89.9 Å². The number of nitrogens with one attached hydrogen (secondary N) is 2. The van der Waals surface area contributed by atoms with Crippen molar-refractivity contribution in [2.24, 2.45) is 4.99 Å². The molecule has 3 aromatic rings. The third-order valence-electron chi connectivity index (χ3n) is 10.8. The number of anilines is 1. The molecule has 0 aromatic heterocycles. The molecule has 2 unspecified atom stereocenters. The number of carbonyl (C=O) groups is 2. The zero-order valence-corrected chi connectivity index (χ0v) is 38.2. The number of fused-ring (bicyclic) bond motifs is 4. The normalized spacial score (nSPS) is 18.9. The monoisotopic (exact) mass is 929 g/mol. The van der Waals surface area contributed by atoms with Gasteiger partial charge in [-0.1, -0.05) is 74.8 Å². The second-order valence-corrected chi connectivity index (χ2v) is 21.5. The number of ether oxygens (including phenoxy) is 1. The lowest BCUT2D eigenvalue weighted by molar-refractivity contribution is -0.118. The highest BCUT2D eigenvalue weighted by molar-refractivity contribution is 8.00. The van der Waals surface area contributed by atoms with E-state index in [-0.39, 0.29) is 71.4 Å². The number of hydrogen-bond donors (Lipinski definition) is 5. The number of amides is 1. The molecule has 320 valence electrons. The van der Waals surface area contributed by atoms with Crippen molar-refractivity contribution in [2.75, 3.05) is 17.6 Å². The number of hydrogen-bond acceptors (Lipinski definition) is 10. The van der Waals surface area contributed by atoms with Crippen LogP contribution in [0.1, 0.15) is 131 Å². The van der Waals surface area contributed by atoms with Crippen molar-refractivity contribution in [3.05, 3.63) is 65.6 Å². The van der Waals surface area contributed by atoms with Crippen LogP contribution in [0.2, 0.25) is 15.1 Å². The highest BCUT2D eigenvalue weighted by Crippen LogP contribution is 2.54. The maximum absolute atomic E-state index is 13.6. The summed E-state index contributed by atoms with van der Waals surface area (Å²) in [5, 5.41) is 15.6. The van der Waals surface area contributed by atoms with E-state index in [9.17, 15) is 40.6 Å². The van der Waals surface area contributed by atoms with E-state index in [1.54, 1.807) is 26.0 Å². The van der Waals surface area contributed by atoms with Crippen molar-refractivity contribution in [2.45, 2.75) is 125 Å². The fourth-order valence-electron chi connectivity index (χ4n) is 8.54. The van der Waals surface area contributed by atoms with Crippen LogP contribution in [0.3, 0.4) is 0 Å². The lowest BCUT2D eigenvalue weighted by Gasteiger charge is -2.40. The Morgan fingerprint density at radius 1 is 0.915 bits per heavy atom. The molecule has 3 aliphatic heterocycles. The minimum atomic E-state index is -5.26. The van der Waals surface area contributed by atoms with Gasteiger partial charge in [-0.3, -0.25) is 18.9 Å². The first-order valence-corrected chi connectivity index (χ1v) is 24.1. The fraction of sp³-hybridized carbons (Fsp3) is 0.475. The molecule has 0 radical (unpaired) electrons. The second-order valence-electron chi connectivity index (χ2n) is 16.7. The lowest BCUT2D eigenvalue weighted by Crippen LogP contribution is -2.39. The van der Waals surface area contributed by atoms with Crippen molar-refractivity contribution in [3.63, 3.8) is 0 Å². The van der Waals surface area contributed by atoms with Gasteiger partial charge in [-0.2, -0.15) is 16.8 Å². The Morgan fingerprint density at radius 3 is 2.17 bits per heavy atom. The van der Waals surface area contributed by atoms with Gasteiger partial charge in [0.25, 0.3) is 20.2 Å². The van der Waals surface area contributed by atoms with Crippen LogP contribution in [0, 0.1) is 0 Å². The van der Waals surface area contributed by atoms with Gasteiger partial charge >= 0.3 is 5.97 Å². The van der Waals surface area contributed by atoms with E-state index >= 15 is 0 Å². The van der Waals surface area contributed by atoms with E-state index in [4.69, 9.17) is 44.5 Å². The maximum Gasteiger partial charge on any atom is 0.337 e. The van der Waals surface area contributed by atoms with Crippen LogP contribution in [0.25, 0.3) is 5.57 Å². The van der Waals surface area contributed by atoms with Gasteiger partial charge in [0, 0.05) is 38.9 Å². The zero-order valence-electron chi connectivity index (χ0n) is 33.5. The Bertz CT molecular complexity index is 2670. The fourth-order valence-corrected chi connectivity index (χ4v) is 12.2. The molecule has 1 amide bonds. The van der Waals surface area contributed by atoms with Gasteiger partial charge < -0.3 is 20.5 Å². The molecule has 19 heteroatoms. The summed E-state index contributed by atoms with van der Waals surface area (Å²) in [5.41, 5.74) is -1.90. The van der Waals surface area contributed by atoms with Crippen LogP contribution in [0.15, 0.2) is 31.8 Å². The third-order valence-corrected chi connectivity index (χ3v) is 15.1. The molecule has 3 heterocycles. The van der Waals surface area contributed by atoms with Gasteiger partial charge in [0.15, 0.2) is 21.3 Å². The largest absolute Gasteiger partial charge is 0.478 e. The van der Waals surface area contributed by atoms with E-state index in [1.807, 2.05) is 27.7 Å². The summed E-state index contributed by atoms with van der Waals surface area (Å²) in [6.45, 7) is 13.4. The van der Waals surface area contributed by atoms with E-state index in [0.717, 1.165) is 37.4 Å². The molecule has 0 aliphatic carbocycles. The summed E-state index contributed by atoms with van der Waals surface area (Å²) in [6.07, 6.45) is 4.70. The van der Waals surface area contributed by atoms with E-state index < -0.39 is 69.2 Å². The van der Waals surface area contributed by atoms with Crippen molar-refractivity contribution in [1.82, 2.24) is 5.32 Å². The Labute approximate surface area is 362 Å². The minimum Gasteiger partial charge on any atom is -0.478 e. The molecule has 0 saturated heterocycles. The zero-order chi connectivity index (χ0) is 43.7. The number of nitrogens with zero attached hydrogens (tertiary/aromatic N) is 1. The summed E-state index contributed by atoms with van der Waals surface area (Å²) < 4.78 is 82.7. The molecular formula is C40H46Cl3N3O10S3. The first kappa shape index (κ1) is 45.4. The van der Waals surface area contributed by atoms with Gasteiger partial charge in [-0.05, 0) is 82.1 Å². The number of aromatic carboxylic acids is 1. The van der Waals surface area contributed by atoms with Gasteiger partial charge in [0.1, 0.15) is 0 Å². The maximum atomic E-state index is 13.6. The average Bonchev–Trinajstić information content (AvgIpc) is 3.08. The summed E-state index contributed by atoms with van der Waals surface area (Å²) >= 11 is 21.7. The topological polar surface area (TPSA) is 209 Å². The van der Waals surface area contributed by atoms with Crippen LogP contribution in [0.4, 0.5) is 5.69 Å². The average molecular weight is 931 g/mol. The van der Waals surface area contributed by atoms with Gasteiger partial charge in [-0.25, -0.2) is 4.79 Å². The molecule has 0 spiro atoms. The molecule has 59 heavy (non-hydrogen) atoms. The molecule has 13 nitrogen and oxygen atoms in total. The summed E-state index contributed by atoms with van der Waals surface area (Å²) in [5.74, 6) is -4.03. The number of benzene rings is 3. The number of carboxylic acid groups (broad SMARTS) is 1. The number of unbranched alkanes of at least 4 members (excludes halogenated alkanes) is 3. The standard InChI is InChI=1S/C40H46Cl3N3O10S3/c1-8-9-10-11-12-44-24(47)17-57-35-29(42)26(27(38(48)49)28(41)30(35)43)25-22-13-20-18(2)15-39(4,5)45-31(20)36(58(50,51)52)33(22)56-34-23(25)14-21-19(3)16-40(6,7)46-32(21)37(34)59(53,54)55/h13-14,18-19,45H,8-12,15-17H2,1-7H3,(H,44,47)(H,48,49)(H,50,51,52)(H,53,54,55). The van der Waals surface area contributed by atoms with E-state index in [1.165, 1.54) is 0 Å². The molecule has 6 rings (SSSR count). The highest BCUT2D eigenvalue weighted by Gasteiger charge is 2.43. The van der Waals surface area contributed by atoms with Crippen LogP contribution in [-0.4, -0.2) is 66.3 Å². The molecule has 0 saturated carbocycles. The second kappa shape index (κ2) is 16.3. The Morgan fingerprint density at radius 2 is 1.56 bits per heavy atom. The van der Waals surface area contributed by atoms with Crippen molar-refractivity contribution < 1.29 is 45.4 Å². The number of carboxylic acids is 1. The van der Waals surface area contributed by atoms with Crippen LogP contribution >= 0.6 is 46.6 Å². The molecule has 2 atom stereocenters. The number of rotatable bonds is 12. The summed E-state index contributed by atoms with van der Waals surface area (Å²) in [7, 11) is -10.5. The minimum absolute atomic E-state index is 0.0146. The van der Waals surface area contributed by atoms with Gasteiger partial charge in [0.05, 0.1) is 43.0 Å². The molecular weight excluding hydrogens is 885 g/mol. The Balaban J connectivity index is 1.80. The predicted molar refractivity (Wildman–Crippen MR) is 229 cm³/mol. The first-order valence-electron chi connectivity index (χ1n) is 19.1. The quantitative estimate of drug-likeness (QED) is 0.0392. The predicted octanol–water partition coefficient (Wildman–Crippen LogP) is 8.58. The molecule has 3 aromatic carbocycles. The molecule has 5 N–H and O–H groups in total. The Kier molecular flexibility index (Phi) is 12.6. The van der Waals surface area contributed by atoms with Crippen LogP contribution in [0.5, 0.6) is 11.5 Å². The number of halogens is 3. The van der Waals surface area contributed by atoms with E-state index in [2.05, 4.69) is 17.6 Å². The smallest absolute Gasteiger partial charge is 0.337 e. The van der Waals surface area contributed by atoms with Crippen LogP contribution in [-0.2, 0) is 25.0 Å². The SMILES string of the molecule is CCCCCCNC(=O)CSc1c(Cl)c(Cl)c(C(=O)O)c(C2=c3cc4c(c(S(=O)(=O)O)c3Oc3c2cc2c(c3S(=O)(=O)O)NC(C)(C)CC2C)=NC(C)(C)CC4C)c1Cl. The van der Waals surface area contributed by atoms with E-state index in [0.29, 0.717) is 30.5 Å². The first-order chi connectivity index (χ1) is 27.3. The number of carbonyl (C=O) groups excluding carboxylic acids is 1. The van der Waals surface area contributed by atoms with Gasteiger partial charge in [-0.15, -0.1) is 11.8 Å². The molecule has 3 aliphatic rings. The summed E-state index contributed by atoms with van der Waals surface area (Å²) in [4.78, 5) is 29.5. The summed E-state index contributed by atoms with van der Waals surface area (Å²) in [6, 6.07) is 3.14. The van der Waals surface area contributed by atoms with Gasteiger partial charge in [0.2, 0.25) is 5.91 Å². The van der Waals surface area contributed by atoms with Crippen molar-refractivity contribution in [3.8, 4) is 11.5 Å². The third kappa shape index (κ3) is 8.70. The lowest BCUT2D eigenvalue weighted by atomic mass is 9.79. The molecule has 0 bridgehead atoms. The van der Waals surface area contributed by atoms with Crippen LogP contribution < -0.4 is 25.9 Å². The van der Waals surface area contributed by atoms with Crippen molar-refractivity contribution in [1.29, 1.82) is 0 Å². The highest BCUT2D eigenvalue weighted by atomic mass is 35.5. The number of thioether (sulfide) groups is 1. The Hall–Kier alpha value is -3.09. The molecule has 0 fully saturated rings.